The van der Waals surface area contributed by atoms with Crippen LogP contribution in [-0.2, 0) is 16.1 Å². The molecular weight excluding hydrogens is 244 g/mol. The average Bonchev–Trinajstić information content (AvgIpc) is 2.91. The largest absolute Gasteiger partial charge is 0.481 e. The van der Waals surface area contributed by atoms with Crippen molar-refractivity contribution in [2.45, 2.75) is 19.4 Å². The van der Waals surface area contributed by atoms with Crippen LogP contribution in [0.15, 0.2) is 36.7 Å². The van der Waals surface area contributed by atoms with Crippen LogP contribution < -0.4 is 5.32 Å². The molecule has 0 radical (unpaired) electrons. The molecule has 2 rings (SSSR count). The van der Waals surface area contributed by atoms with E-state index < -0.39 is 17.8 Å². The van der Waals surface area contributed by atoms with Crippen molar-refractivity contribution < 1.29 is 14.7 Å². The van der Waals surface area contributed by atoms with Crippen molar-refractivity contribution in [2.75, 3.05) is 6.54 Å². The van der Waals surface area contributed by atoms with E-state index in [4.69, 9.17) is 5.11 Å². The van der Waals surface area contributed by atoms with Crippen LogP contribution in [-0.4, -0.2) is 28.1 Å². The zero-order chi connectivity index (χ0) is 13.7. The highest BCUT2D eigenvalue weighted by Gasteiger charge is 2.33. The van der Waals surface area contributed by atoms with E-state index in [9.17, 15) is 9.59 Å². The molecule has 1 aromatic rings. The Kier molecular flexibility index (Phi) is 4.39. The van der Waals surface area contributed by atoms with Gasteiger partial charge in [-0.1, -0.05) is 12.2 Å². The summed E-state index contributed by atoms with van der Waals surface area (Å²) in [7, 11) is 0. The fraction of sp³-hybridized carbons (Fsp3) is 0.429. The number of amides is 1. The molecule has 0 saturated heterocycles. The van der Waals surface area contributed by atoms with Crippen molar-refractivity contribution in [3.8, 4) is 0 Å². The highest BCUT2D eigenvalue weighted by Crippen LogP contribution is 2.25. The number of allylic oxidation sites excluding steroid dienone is 2. The van der Waals surface area contributed by atoms with Gasteiger partial charge in [-0.05, 0) is 25.0 Å². The molecule has 0 fully saturated rings. The number of carboxylic acids is 1. The second kappa shape index (κ2) is 6.22. The summed E-state index contributed by atoms with van der Waals surface area (Å²) >= 11 is 0. The molecule has 102 valence electrons. The third-order valence-corrected chi connectivity index (χ3v) is 3.42. The summed E-state index contributed by atoms with van der Waals surface area (Å²) in [4.78, 5) is 23.1. The highest BCUT2D eigenvalue weighted by atomic mass is 16.4. The molecule has 0 bridgehead atoms. The number of nitrogens with zero attached hydrogens (tertiary/aromatic N) is 1. The predicted octanol–water partition coefficient (Wildman–Crippen LogP) is 1.27. The number of nitrogens with one attached hydrogen (secondary N) is 1. The first-order valence-electron chi connectivity index (χ1n) is 6.45. The van der Waals surface area contributed by atoms with Crippen LogP contribution in [0.3, 0.4) is 0 Å². The van der Waals surface area contributed by atoms with Gasteiger partial charge >= 0.3 is 5.97 Å². The summed E-state index contributed by atoms with van der Waals surface area (Å²) in [5.41, 5.74) is 0. The van der Waals surface area contributed by atoms with Crippen LogP contribution in [0.25, 0.3) is 0 Å². The standard InChI is InChI=1S/C14H18N2O3/c17-13(15-7-10-16-8-3-4-9-16)11-5-1-2-6-12(11)14(18)19/h1-4,8-9,11-12H,5-7,10H2,(H,15,17)(H,18,19)/t11-,12+/m1/s1. The Morgan fingerprint density at radius 1 is 1.16 bits per heavy atom. The van der Waals surface area contributed by atoms with E-state index in [-0.39, 0.29) is 5.91 Å². The first-order chi connectivity index (χ1) is 9.18. The molecule has 2 atom stereocenters. The molecule has 0 spiro atoms. The Bertz CT molecular complexity index is 465. The minimum absolute atomic E-state index is 0.163. The fourth-order valence-electron chi connectivity index (χ4n) is 2.34. The summed E-state index contributed by atoms with van der Waals surface area (Å²) in [6.07, 6.45) is 8.51. The van der Waals surface area contributed by atoms with E-state index in [1.807, 2.05) is 41.2 Å². The Hall–Kier alpha value is -2.04. The van der Waals surface area contributed by atoms with Gasteiger partial charge in [0.1, 0.15) is 0 Å². The van der Waals surface area contributed by atoms with Crippen LogP contribution in [0.2, 0.25) is 0 Å². The van der Waals surface area contributed by atoms with Crippen molar-refractivity contribution in [3.05, 3.63) is 36.7 Å². The number of carbonyl (C=O) groups is 2. The van der Waals surface area contributed by atoms with Crippen LogP contribution in [0.4, 0.5) is 0 Å². The van der Waals surface area contributed by atoms with Gasteiger partial charge in [0, 0.05) is 25.5 Å². The topological polar surface area (TPSA) is 71.3 Å². The number of carboxylic acid groups (broad SMARTS) is 1. The van der Waals surface area contributed by atoms with Crippen molar-refractivity contribution in [2.24, 2.45) is 11.8 Å². The van der Waals surface area contributed by atoms with Crippen LogP contribution in [0.5, 0.6) is 0 Å². The average molecular weight is 262 g/mol. The first-order valence-corrected chi connectivity index (χ1v) is 6.45. The number of carbonyl (C=O) groups excluding carboxylic acids is 1. The van der Waals surface area contributed by atoms with Crippen molar-refractivity contribution >= 4 is 11.9 Å². The molecule has 19 heavy (non-hydrogen) atoms. The molecule has 0 aromatic carbocycles. The summed E-state index contributed by atoms with van der Waals surface area (Å²) in [5.74, 6) is -2.11. The molecule has 5 heteroatoms. The molecule has 2 N–H and O–H groups in total. The monoisotopic (exact) mass is 262 g/mol. The van der Waals surface area contributed by atoms with Crippen LogP contribution in [0.1, 0.15) is 12.8 Å². The zero-order valence-electron chi connectivity index (χ0n) is 10.7. The van der Waals surface area contributed by atoms with Gasteiger partial charge in [-0.2, -0.15) is 0 Å². The Morgan fingerprint density at radius 3 is 2.42 bits per heavy atom. The first kappa shape index (κ1) is 13.4. The van der Waals surface area contributed by atoms with Crippen LogP contribution >= 0.6 is 0 Å². The summed E-state index contributed by atoms with van der Waals surface area (Å²) < 4.78 is 1.97. The zero-order valence-corrected chi connectivity index (χ0v) is 10.7. The van der Waals surface area contributed by atoms with E-state index in [1.165, 1.54) is 0 Å². The Labute approximate surface area is 111 Å². The minimum Gasteiger partial charge on any atom is -0.481 e. The highest BCUT2D eigenvalue weighted by molar-refractivity contribution is 5.85. The molecule has 1 aliphatic carbocycles. The van der Waals surface area contributed by atoms with Crippen molar-refractivity contribution in [3.63, 3.8) is 0 Å². The summed E-state index contributed by atoms with van der Waals surface area (Å²) in [6.45, 7) is 1.21. The molecule has 1 aromatic heterocycles. The van der Waals surface area contributed by atoms with E-state index in [0.29, 0.717) is 25.9 Å². The van der Waals surface area contributed by atoms with E-state index in [1.54, 1.807) is 0 Å². The second-order valence-corrected chi connectivity index (χ2v) is 4.71. The number of hydrogen-bond donors (Lipinski definition) is 2. The van der Waals surface area contributed by atoms with Gasteiger partial charge in [0.15, 0.2) is 0 Å². The lowest BCUT2D eigenvalue weighted by Gasteiger charge is -2.24. The Balaban J connectivity index is 1.84. The second-order valence-electron chi connectivity index (χ2n) is 4.71. The van der Waals surface area contributed by atoms with Crippen LogP contribution in [0, 0.1) is 11.8 Å². The van der Waals surface area contributed by atoms with Gasteiger partial charge in [-0.15, -0.1) is 0 Å². The number of aliphatic carboxylic acids is 1. The van der Waals surface area contributed by atoms with Gasteiger partial charge in [0.2, 0.25) is 5.91 Å². The van der Waals surface area contributed by atoms with Gasteiger partial charge in [0.05, 0.1) is 11.8 Å². The van der Waals surface area contributed by atoms with E-state index in [2.05, 4.69) is 5.32 Å². The van der Waals surface area contributed by atoms with Gasteiger partial charge in [0.25, 0.3) is 0 Å². The molecule has 0 unspecified atom stereocenters. The normalized spacial score (nSPS) is 22.1. The lowest BCUT2D eigenvalue weighted by atomic mass is 9.82. The third-order valence-electron chi connectivity index (χ3n) is 3.42. The van der Waals surface area contributed by atoms with Crippen molar-refractivity contribution in [1.82, 2.24) is 9.88 Å². The smallest absolute Gasteiger partial charge is 0.307 e. The summed E-state index contributed by atoms with van der Waals surface area (Å²) in [6, 6.07) is 3.85. The molecule has 1 heterocycles. The fourth-order valence-corrected chi connectivity index (χ4v) is 2.34. The molecular formula is C14H18N2O3. The minimum atomic E-state index is -0.894. The third kappa shape index (κ3) is 3.47. The Morgan fingerprint density at radius 2 is 1.79 bits per heavy atom. The van der Waals surface area contributed by atoms with E-state index in [0.717, 1.165) is 0 Å². The lowest BCUT2D eigenvalue weighted by molar-refractivity contribution is -0.147. The molecule has 1 amide bonds. The quantitative estimate of drug-likeness (QED) is 0.785. The maximum Gasteiger partial charge on any atom is 0.307 e. The van der Waals surface area contributed by atoms with Gasteiger partial charge < -0.3 is 15.0 Å². The number of aromatic nitrogens is 1. The van der Waals surface area contributed by atoms with Gasteiger partial charge in [-0.3, -0.25) is 9.59 Å². The van der Waals surface area contributed by atoms with Gasteiger partial charge in [-0.25, -0.2) is 0 Å². The summed E-state index contributed by atoms with van der Waals surface area (Å²) in [5, 5.41) is 11.9. The SMILES string of the molecule is O=C(O)[C@H]1CC=CC[C@H]1C(=O)NCCn1cccc1. The van der Waals surface area contributed by atoms with E-state index >= 15 is 0 Å². The predicted molar refractivity (Wildman–Crippen MR) is 70.4 cm³/mol. The molecule has 1 aliphatic rings. The van der Waals surface area contributed by atoms with Crippen molar-refractivity contribution in [1.29, 1.82) is 0 Å². The maximum absolute atomic E-state index is 12.0. The molecule has 0 saturated carbocycles. The number of rotatable bonds is 5. The maximum atomic E-state index is 12.0. The molecule has 0 aliphatic heterocycles. The number of hydrogen-bond acceptors (Lipinski definition) is 2. The molecule has 5 nitrogen and oxygen atoms in total. The lowest BCUT2D eigenvalue weighted by Crippen LogP contribution is -2.39.